The van der Waals surface area contributed by atoms with Gasteiger partial charge >= 0.3 is 0 Å². The second-order valence-corrected chi connectivity index (χ2v) is 6.17. The van der Waals surface area contributed by atoms with E-state index in [0.717, 1.165) is 36.8 Å². The van der Waals surface area contributed by atoms with Crippen molar-refractivity contribution in [1.29, 1.82) is 0 Å². The van der Waals surface area contributed by atoms with Crippen molar-refractivity contribution >= 4 is 16.3 Å². The van der Waals surface area contributed by atoms with E-state index in [2.05, 4.69) is 39.0 Å². The highest BCUT2D eigenvalue weighted by molar-refractivity contribution is 7.15. The van der Waals surface area contributed by atoms with Crippen LogP contribution >= 0.6 is 11.3 Å². The van der Waals surface area contributed by atoms with Gasteiger partial charge in [0.15, 0.2) is 4.96 Å². The summed E-state index contributed by atoms with van der Waals surface area (Å²) in [6.07, 6.45) is 5.39. The molecule has 0 amide bonds. The maximum Gasteiger partial charge on any atom is 0.193 e. The average Bonchev–Trinajstić information content (AvgIpc) is 2.94. The zero-order valence-corrected chi connectivity index (χ0v) is 10.9. The van der Waals surface area contributed by atoms with Crippen LogP contribution in [0.4, 0.5) is 0 Å². The van der Waals surface area contributed by atoms with Crippen LogP contribution in [-0.2, 0) is 6.54 Å². The topological polar surface area (TPSA) is 46.6 Å². The molecule has 4 nitrogen and oxygen atoms in total. The number of aromatic nitrogens is 2. The van der Waals surface area contributed by atoms with Crippen molar-refractivity contribution in [3.63, 3.8) is 0 Å². The lowest BCUT2D eigenvalue weighted by Crippen LogP contribution is -2.31. The molecule has 0 radical (unpaired) electrons. The van der Waals surface area contributed by atoms with E-state index in [0.29, 0.717) is 5.41 Å². The molecule has 2 aromatic heterocycles. The number of fused-ring (bicyclic) bond motifs is 1. The van der Waals surface area contributed by atoms with Crippen LogP contribution in [0.1, 0.15) is 19.0 Å². The molecule has 1 fully saturated rings. The van der Waals surface area contributed by atoms with Crippen LogP contribution in [0.5, 0.6) is 0 Å². The molecule has 1 saturated heterocycles. The third-order valence-corrected chi connectivity index (χ3v) is 4.43. The second-order valence-electron chi connectivity index (χ2n) is 5.30. The quantitative estimate of drug-likeness (QED) is 0.899. The first kappa shape index (κ1) is 11.2. The summed E-state index contributed by atoms with van der Waals surface area (Å²) in [5.74, 6) is 0. The van der Waals surface area contributed by atoms with Crippen molar-refractivity contribution in [3.8, 4) is 0 Å². The molecule has 0 saturated carbocycles. The number of thiazole rings is 1. The van der Waals surface area contributed by atoms with Gasteiger partial charge in [-0.15, -0.1) is 11.3 Å². The van der Waals surface area contributed by atoms with Crippen molar-refractivity contribution in [2.75, 3.05) is 19.6 Å². The van der Waals surface area contributed by atoms with Crippen molar-refractivity contribution < 1.29 is 0 Å². The van der Waals surface area contributed by atoms with Gasteiger partial charge in [0.25, 0.3) is 0 Å². The monoisotopic (exact) mass is 250 g/mol. The Labute approximate surface area is 105 Å². The fourth-order valence-electron chi connectivity index (χ4n) is 2.51. The summed E-state index contributed by atoms with van der Waals surface area (Å²) in [7, 11) is 0. The number of nitrogens with zero attached hydrogens (tertiary/aromatic N) is 3. The van der Waals surface area contributed by atoms with Gasteiger partial charge in [-0.05, 0) is 24.9 Å². The van der Waals surface area contributed by atoms with Gasteiger partial charge in [0.1, 0.15) is 0 Å². The molecule has 0 bridgehead atoms. The van der Waals surface area contributed by atoms with E-state index in [1.54, 1.807) is 11.3 Å². The summed E-state index contributed by atoms with van der Waals surface area (Å²) in [5, 5.41) is 2.06. The number of hydrogen-bond acceptors (Lipinski definition) is 4. The molecule has 17 heavy (non-hydrogen) atoms. The third-order valence-electron chi connectivity index (χ3n) is 3.66. The van der Waals surface area contributed by atoms with Crippen molar-refractivity contribution in [2.24, 2.45) is 11.1 Å². The lowest BCUT2D eigenvalue weighted by Gasteiger charge is -2.22. The number of imidazole rings is 1. The molecule has 1 unspecified atom stereocenters. The van der Waals surface area contributed by atoms with Gasteiger partial charge in [-0.2, -0.15) is 0 Å². The lowest BCUT2D eigenvalue weighted by molar-refractivity contribution is 0.272. The van der Waals surface area contributed by atoms with Crippen molar-refractivity contribution in [2.45, 2.75) is 19.9 Å². The van der Waals surface area contributed by atoms with E-state index in [-0.39, 0.29) is 0 Å². The van der Waals surface area contributed by atoms with Gasteiger partial charge in [0, 0.05) is 30.9 Å². The van der Waals surface area contributed by atoms with Crippen LogP contribution < -0.4 is 5.73 Å². The molecular weight excluding hydrogens is 232 g/mol. The maximum atomic E-state index is 5.82. The lowest BCUT2D eigenvalue weighted by atomic mass is 9.90. The summed E-state index contributed by atoms with van der Waals surface area (Å²) >= 11 is 1.68. The van der Waals surface area contributed by atoms with Crippen LogP contribution in [0.2, 0.25) is 0 Å². The Morgan fingerprint density at radius 2 is 2.47 bits per heavy atom. The van der Waals surface area contributed by atoms with E-state index >= 15 is 0 Å². The summed E-state index contributed by atoms with van der Waals surface area (Å²) in [4.78, 5) is 8.16. The molecular formula is C12H18N4S. The largest absolute Gasteiger partial charge is 0.330 e. The van der Waals surface area contributed by atoms with Gasteiger partial charge in [-0.3, -0.25) is 9.30 Å². The smallest absolute Gasteiger partial charge is 0.193 e. The Bertz CT molecular complexity index is 489. The summed E-state index contributed by atoms with van der Waals surface area (Å²) < 4.78 is 2.10. The Morgan fingerprint density at radius 1 is 1.59 bits per heavy atom. The number of rotatable bonds is 3. The van der Waals surface area contributed by atoms with Gasteiger partial charge in [0.05, 0.1) is 5.69 Å². The van der Waals surface area contributed by atoms with Crippen LogP contribution in [0.3, 0.4) is 0 Å². The Kier molecular flexibility index (Phi) is 2.69. The minimum Gasteiger partial charge on any atom is -0.330 e. The van der Waals surface area contributed by atoms with Crippen LogP contribution in [0, 0.1) is 5.41 Å². The fraction of sp³-hybridized carbons (Fsp3) is 0.583. The molecule has 3 heterocycles. The summed E-state index contributed by atoms with van der Waals surface area (Å²) in [5.41, 5.74) is 7.29. The predicted octanol–water partition coefficient (Wildman–Crippen LogP) is 1.57. The van der Waals surface area contributed by atoms with E-state index in [1.165, 1.54) is 6.42 Å². The standard InChI is InChI=1S/C12H18N4S/c1-12(8-13)2-3-15(9-12)6-10-7-16-4-5-17-11(16)14-10/h4-5,7H,2-3,6,8-9,13H2,1H3. The van der Waals surface area contributed by atoms with Gasteiger partial charge in [0.2, 0.25) is 0 Å². The fourth-order valence-corrected chi connectivity index (χ4v) is 3.23. The molecule has 92 valence electrons. The van der Waals surface area contributed by atoms with E-state index in [1.807, 2.05) is 0 Å². The predicted molar refractivity (Wildman–Crippen MR) is 70.1 cm³/mol. The van der Waals surface area contributed by atoms with Gasteiger partial charge in [-0.1, -0.05) is 6.92 Å². The van der Waals surface area contributed by atoms with Gasteiger partial charge in [-0.25, -0.2) is 4.98 Å². The highest BCUT2D eigenvalue weighted by atomic mass is 32.1. The van der Waals surface area contributed by atoms with E-state index < -0.39 is 0 Å². The summed E-state index contributed by atoms with van der Waals surface area (Å²) in [6.45, 7) is 6.23. The zero-order valence-electron chi connectivity index (χ0n) is 10.1. The van der Waals surface area contributed by atoms with Crippen molar-refractivity contribution in [1.82, 2.24) is 14.3 Å². The molecule has 0 aliphatic carbocycles. The highest BCUT2D eigenvalue weighted by Crippen LogP contribution is 2.29. The SMILES string of the molecule is CC1(CN)CCN(Cc2cn3ccsc3n2)C1. The van der Waals surface area contributed by atoms with Crippen molar-refractivity contribution in [3.05, 3.63) is 23.5 Å². The van der Waals surface area contributed by atoms with E-state index in [4.69, 9.17) is 5.73 Å². The minimum atomic E-state index is 0.303. The molecule has 0 aromatic carbocycles. The third kappa shape index (κ3) is 2.10. The number of nitrogens with two attached hydrogens (primary N) is 1. The van der Waals surface area contributed by atoms with Crippen LogP contribution in [-0.4, -0.2) is 33.9 Å². The second kappa shape index (κ2) is 4.08. The first-order chi connectivity index (χ1) is 8.18. The number of likely N-dealkylation sites (tertiary alicyclic amines) is 1. The molecule has 0 spiro atoms. The van der Waals surface area contributed by atoms with Crippen LogP contribution in [0.25, 0.3) is 4.96 Å². The first-order valence-corrected chi connectivity index (χ1v) is 6.90. The molecule has 1 aliphatic rings. The first-order valence-electron chi connectivity index (χ1n) is 6.02. The highest BCUT2D eigenvalue weighted by Gasteiger charge is 2.32. The molecule has 1 atom stereocenters. The van der Waals surface area contributed by atoms with Crippen LogP contribution in [0.15, 0.2) is 17.8 Å². The molecule has 2 aromatic rings. The normalized spacial score (nSPS) is 26.0. The molecule has 5 heteroatoms. The molecule has 2 N–H and O–H groups in total. The summed E-state index contributed by atoms with van der Waals surface area (Å²) in [6, 6.07) is 0. The Balaban J connectivity index is 1.70. The van der Waals surface area contributed by atoms with Gasteiger partial charge < -0.3 is 5.73 Å². The zero-order chi connectivity index (χ0) is 11.9. The average molecular weight is 250 g/mol. The Hall–Kier alpha value is -0.910. The number of hydrogen-bond donors (Lipinski definition) is 1. The minimum absolute atomic E-state index is 0.303. The van der Waals surface area contributed by atoms with E-state index in [9.17, 15) is 0 Å². The maximum absolute atomic E-state index is 5.82. The Morgan fingerprint density at radius 3 is 3.18 bits per heavy atom. The molecule has 3 rings (SSSR count). The molecule has 1 aliphatic heterocycles.